The molecule has 0 fully saturated rings. The number of hydrogen-bond acceptors (Lipinski definition) is 8. The van der Waals surface area contributed by atoms with Gasteiger partial charge < -0.3 is 21.7 Å². The summed E-state index contributed by atoms with van der Waals surface area (Å²) in [7, 11) is 0. The van der Waals surface area contributed by atoms with Crippen molar-refractivity contribution >= 4 is 40.3 Å². The number of aromatic nitrogens is 3. The topological polar surface area (TPSA) is 155 Å². The average molecular weight is 465 g/mol. The lowest BCUT2D eigenvalue weighted by atomic mass is 10.1. The summed E-state index contributed by atoms with van der Waals surface area (Å²) < 4.78 is 0. The zero-order valence-electron chi connectivity index (χ0n) is 18.2. The standard InChI is InChI=1S/C25H19N7O3/c26-24(35)18-19(31-32-25(18)30-17-8-4-5-13-27-17)14-9-11-16(12-10-14)29-21-20(22(33)23(21)34)28-15-6-2-1-3-7-15/h1-13,28-29H,(H2,26,35)(H2,27,30,31,32). The third kappa shape index (κ3) is 4.23. The van der Waals surface area contributed by atoms with Crippen LogP contribution in [0, 0.1) is 0 Å². The number of nitrogens with two attached hydrogens (primary N) is 1. The molecule has 0 unspecified atom stereocenters. The van der Waals surface area contributed by atoms with Gasteiger partial charge >= 0.3 is 0 Å². The number of H-pyrrole nitrogens is 1. The van der Waals surface area contributed by atoms with E-state index in [0.29, 0.717) is 34.3 Å². The molecule has 0 aliphatic carbocycles. The van der Waals surface area contributed by atoms with Crippen LogP contribution >= 0.6 is 0 Å². The van der Waals surface area contributed by atoms with Gasteiger partial charge in [0.2, 0.25) is 0 Å². The second-order valence-electron chi connectivity index (χ2n) is 7.63. The van der Waals surface area contributed by atoms with Crippen molar-refractivity contribution in [3.63, 3.8) is 0 Å². The maximum atomic E-state index is 12.2. The number of benzene rings is 2. The Morgan fingerprint density at radius 1 is 0.771 bits per heavy atom. The number of hydrogen-bond donors (Lipinski definition) is 5. The van der Waals surface area contributed by atoms with Gasteiger partial charge in [0.05, 0.1) is 0 Å². The molecule has 5 rings (SSSR count). The highest BCUT2D eigenvalue weighted by atomic mass is 16.2. The van der Waals surface area contributed by atoms with Crippen LogP contribution in [-0.2, 0) is 0 Å². The lowest BCUT2D eigenvalue weighted by Gasteiger charge is -2.15. The van der Waals surface area contributed by atoms with Crippen LogP contribution in [0.15, 0.2) is 88.6 Å². The quantitative estimate of drug-likeness (QED) is 0.218. The molecule has 35 heavy (non-hydrogen) atoms. The Morgan fingerprint density at radius 3 is 2.00 bits per heavy atom. The first-order valence-corrected chi connectivity index (χ1v) is 10.6. The highest BCUT2D eigenvalue weighted by molar-refractivity contribution is 6.04. The van der Waals surface area contributed by atoms with E-state index in [9.17, 15) is 14.4 Å². The molecule has 0 saturated carbocycles. The van der Waals surface area contributed by atoms with E-state index in [-0.39, 0.29) is 16.9 Å². The molecule has 0 aliphatic rings. The Hall–Kier alpha value is -5.25. The van der Waals surface area contributed by atoms with Crippen LogP contribution in [0.1, 0.15) is 10.4 Å². The van der Waals surface area contributed by atoms with Crippen molar-refractivity contribution in [2.75, 3.05) is 16.0 Å². The molecule has 0 atom stereocenters. The molecule has 5 aromatic rings. The van der Waals surface area contributed by atoms with Crippen molar-refractivity contribution in [2.24, 2.45) is 5.73 Å². The summed E-state index contributed by atoms with van der Waals surface area (Å²) in [4.78, 5) is 40.6. The number of primary amides is 1. The lowest BCUT2D eigenvalue weighted by molar-refractivity contribution is 0.100. The van der Waals surface area contributed by atoms with Gasteiger partial charge in [-0.1, -0.05) is 36.4 Å². The van der Waals surface area contributed by atoms with Crippen LogP contribution in [0.5, 0.6) is 0 Å². The van der Waals surface area contributed by atoms with Gasteiger partial charge in [-0.2, -0.15) is 5.10 Å². The number of nitrogens with zero attached hydrogens (tertiary/aromatic N) is 2. The van der Waals surface area contributed by atoms with Gasteiger partial charge in [-0.3, -0.25) is 19.5 Å². The molecule has 0 aliphatic heterocycles. The number of carbonyl (C=O) groups excluding carboxylic acids is 1. The van der Waals surface area contributed by atoms with Crippen molar-refractivity contribution in [1.29, 1.82) is 0 Å². The largest absolute Gasteiger partial charge is 0.365 e. The van der Waals surface area contributed by atoms with Crippen LogP contribution in [0.2, 0.25) is 0 Å². The first-order chi connectivity index (χ1) is 17.0. The summed E-state index contributed by atoms with van der Waals surface area (Å²) in [6.45, 7) is 0. The summed E-state index contributed by atoms with van der Waals surface area (Å²) in [6, 6.07) is 21.3. The fourth-order valence-corrected chi connectivity index (χ4v) is 3.60. The van der Waals surface area contributed by atoms with E-state index in [1.165, 1.54) is 0 Å². The number of rotatable bonds is 8. The molecule has 1 amide bonds. The predicted molar refractivity (Wildman–Crippen MR) is 134 cm³/mol. The monoisotopic (exact) mass is 465 g/mol. The Balaban J connectivity index is 1.38. The number of aromatic amines is 1. The maximum Gasteiger partial charge on any atom is 0.254 e. The van der Waals surface area contributed by atoms with Crippen LogP contribution < -0.4 is 32.5 Å². The minimum Gasteiger partial charge on any atom is -0.365 e. The molecule has 10 heteroatoms. The summed E-state index contributed by atoms with van der Waals surface area (Å²) in [5.74, 6) is 0.196. The number of nitrogens with one attached hydrogen (secondary N) is 4. The van der Waals surface area contributed by atoms with Gasteiger partial charge in [0.1, 0.15) is 34.3 Å². The summed E-state index contributed by atoms with van der Waals surface area (Å²) in [6.07, 6.45) is 1.62. The van der Waals surface area contributed by atoms with E-state index in [0.717, 1.165) is 0 Å². The van der Waals surface area contributed by atoms with Gasteiger partial charge in [0.15, 0.2) is 0 Å². The van der Waals surface area contributed by atoms with E-state index in [1.807, 2.05) is 18.2 Å². The molecule has 2 aromatic heterocycles. The number of anilines is 6. The second kappa shape index (κ2) is 8.94. The van der Waals surface area contributed by atoms with Gasteiger partial charge in [0.25, 0.3) is 16.8 Å². The van der Waals surface area contributed by atoms with E-state index in [4.69, 9.17) is 5.73 Å². The Kier molecular flexibility index (Phi) is 5.52. The smallest absolute Gasteiger partial charge is 0.254 e. The Morgan fingerprint density at radius 2 is 1.40 bits per heavy atom. The van der Waals surface area contributed by atoms with Crippen LogP contribution in [-0.4, -0.2) is 21.1 Å². The fraction of sp³-hybridized carbons (Fsp3) is 0. The average Bonchev–Trinajstić information content (AvgIpc) is 3.31. The zero-order valence-corrected chi connectivity index (χ0v) is 18.2. The minimum atomic E-state index is -0.658. The van der Waals surface area contributed by atoms with Crippen molar-refractivity contribution in [3.8, 4) is 11.3 Å². The molecule has 10 nitrogen and oxygen atoms in total. The summed E-state index contributed by atoms with van der Waals surface area (Å²) in [5, 5.41) is 16.0. The second-order valence-corrected chi connectivity index (χ2v) is 7.63. The third-order valence-electron chi connectivity index (χ3n) is 5.31. The van der Waals surface area contributed by atoms with Gasteiger partial charge in [-0.05, 0) is 36.4 Å². The summed E-state index contributed by atoms with van der Waals surface area (Å²) >= 11 is 0. The van der Waals surface area contributed by atoms with E-state index >= 15 is 0 Å². The Bertz CT molecular complexity index is 1570. The molecule has 0 saturated heterocycles. The van der Waals surface area contributed by atoms with Gasteiger partial charge in [0, 0.05) is 23.1 Å². The van der Waals surface area contributed by atoms with E-state index in [1.54, 1.807) is 60.8 Å². The molecular formula is C25H19N7O3. The highest BCUT2D eigenvalue weighted by Gasteiger charge is 2.22. The third-order valence-corrected chi connectivity index (χ3v) is 5.31. The SMILES string of the molecule is NC(=O)c1c(-c2ccc(Nc3c(Nc4ccccc4)c(=O)c3=O)cc2)n[nH]c1Nc1ccccn1. The minimum absolute atomic E-state index is 0.186. The molecule has 2 heterocycles. The number of para-hydroxylation sites is 1. The fourth-order valence-electron chi connectivity index (χ4n) is 3.60. The van der Waals surface area contributed by atoms with Crippen LogP contribution in [0.4, 0.5) is 34.4 Å². The Labute approximate surface area is 198 Å². The first-order valence-electron chi connectivity index (χ1n) is 10.6. The zero-order chi connectivity index (χ0) is 24.4. The molecule has 3 aromatic carbocycles. The highest BCUT2D eigenvalue weighted by Crippen LogP contribution is 2.30. The lowest BCUT2D eigenvalue weighted by Crippen LogP contribution is -2.35. The summed E-state index contributed by atoms with van der Waals surface area (Å²) in [5.41, 5.74) is 7.30. The van der Waals surface area contributed by atoms with Crippen LogP contribution in [0.3, 0.4) is 0 Å². The molecule has 0 radical (unpaired) electrons. The molecule has 0 bridgehead atoms. The van der Waals surface area contributed by atoms with Gasteiger partial charge in [-0.15, -0.1) is 0 Å². The number of pyridine rings is 1. The molecule has 6 N–H and O–H groups in total. The van der Waals surface area contributed by atoms with Crippen molar-refractivity contribution in [2.45, 2.75) is 0 Å². The number of carbonyl (C=O) groups is 1. The molecule has 0 spiro atoms. The number of amides is 1. The normalized spacial score (nSPS) is 10.7. The van der Waals surface area contributed by atoms with Gasteiger partial charge in [-0.25, -0.2) is 4.98 Å². The van der Waals surface area contributed by atoms with E-state index in [2.05, 4.69) is 31.1 Å². The van der Waals surface area contributed by atoms with Crippen molar-refractivity contribution in [1.82, 2.24) is 15.2 Å². The van der Waals surface area contributed by atoms with E-state index < -0.39 is 16.8 Å². The predicted octanol–water partition coefficient (Wildman–Crippen LogP) is 3.40. The molecule has 172 valence electrons. The maximum absolute atomic E-state index is 12.2. The molecular weight excluding hydrogens is 446 g/mol. The van der Waals surface area contributed by atoms with Crippen molar-refractivity contribution in [3.05, 3.63) is 105 Å². The first kappa shape index (κ1) is 21.6. The van der Waals surface area contributed by atoms with Crippen LogP contribution in [0.25, 0.3) is 11.3 Å². The van der Waals surface area contributed by atoms with Crippen molar-refractivity contribution < 1.29 is 4.79 Å².